The second-order valence-corrected chi connectivity index (χ2v) is 10.9. The van der Waals surface area contributed by atoms with E-state index in [0.29, 0.717) is 54.2 Å². The minimum Gasteiger partial charge on any atom is -0.492 e. The van der Waals surface area contributed by atoms with Crippen LogP contribution in [0.2, 0.25) is 5.02 Å². The molecule has 0 spiro atoms. The summed E-state index contributed by atoms with van der Waals surface area (Å²) >= 11 is 5.98. The van der Waals surface area contributed by atoms with E-state index in [9.17, 15) is 9.59 Å². The second kappa shape index (κ2) is 15.6. The fraction of sp³-hybridized carbons (Fsp3) is 0.400. The fourth-order valence-electron chi connectivity index (χ4n) is 5.38. The minimum atomic E-state index is -0.168. The number of nitrogens with one attached hydrogen (secondary N) is 1. The predicted octanol–water partition coefficient (Wildman–Crippen LogP) is 6.33. The molecule has 0 aliphatic heterocycles. The van der Waals surface area contributed by atoms with Crippen molar-refractivity contribution in [3.8, 4) is 5.75 Å². The highest BCUT2D eigenvalue weighted by Gasteiger charge is 2.18. The number of halogens is 1. The normalized spacial score (nSPS) is 16.5. The van der Waals surface area contributed by atoms with Crippen LogP contribution in [0.1, 0.15) is 79.5 Å². The molecule has 0 saturated heterocycles. The highest BCUT2D eigenvalue weighted by molar-refractivity contribution is 6.30. The number of allylic oxidation sites excluding steroid dienone is 5. The predicted molar refractivity (Wildman–Crippen MR) is 166 cm³/mol. The smallest absolute Gasteiger partial charge is 0.255 e. The Balaban J connectivity index is 1.40. The summed E-state index contributed by atoms with van der Waals surface area (Å²) < 4.78 is 11.3. The van der Waals surface area contributed by atoms with Gasteiger partial charge in [0.2, 0.25) is 0 Å². The third kappa shape index (κ3) is 8.56. The summed E-state index contributed by atoms with van der Waals surface area (Å²) in [5.41, 5.74) is 6.80. The van der Waals surface area contributed by atoms with Crippen molar-refractivity contribution >= 4 is 35.1 Å². The van der Waals surface area contributed by atoms with Crippen LogP contribution in [0.3, 0.4) is 0 Å². The maximum Gasteiger partial charge on any atom is 0.255 e. The van der Waals surface area contributed by atoms with Gasteiger partial charge in [0.15, 0.2) is 5.78 Å². The molecule has 41 heavy (non-hydrogen) atoms. The van der Waals surface area contributed by atoms with E-state index >= 15 is 0 Å². The molecule has 2 aliphatic carbocycles. The van der Waals surface area contributed by atoms with Crippen LogP contribution in [0.15, 0.2) is 65.8 Å². The molecule has 1 unspecified atom stereocenters. The van der Waals surface area contributed by atoms with Crippen LogP contribution < -0.4 is 20.5 Å². The topological polar surface area (TPSA) is 64.6 Å². The van der Waals surface area contributed by atoms with Crippen LogP contribution in [0.25, 0.3) is 11.8 Å². The van der Waals surface area contributed by atoms with Crippen LogP contribution in [-0.2, 0) is 4.74 Å². The van der Waals surface area contributed by atoms with E-state index in [0.717, 1.165) is 61.0 Å². The van der Waals surface area contributed by atoms with Crippen molar-refractivity contribution in [2.45, 2.75) is 58.8 Å². The molecular weight excluding hydrogens is 534 g/mol. The Morgan fingerprint density at radius 2 is 1.88 bits per heavy atom. The first-order valence-corrected chi connectivity index (χ1v) is 15.2. The van der Waals surface area contributed by atoms with Crippen molar-refractivity contribution < 1.29 is 19.1 Å². The lowest BCUT2D eigenvalue weighted by molar-refractivity contribution is 0.0918. The van der Waals surface area contributed by atoms with Gasteiger partial charge < -0.3 is 14.8 Å². The molecule has 0 heterocycles. The van der Waals surface area contributed by atoms with Crippen molar-refractivity contribution in [2.24, 2.45) is 5.92 Å². The number of rotatable bonds is 12. The van der Waals surface area contributed by atoms with Gasteiger partial charge in [0.1, 0.15) is 5.75 Å². The molecule has 0 bridgehead atoms. The van der Waals surface area contributed by atoms with Gasteiger partial charge in [0, 0.05) is 34.2 Å². The third-order valence-electron chi connectivity index (χ3n) is 7.61. The molecule has 2 aromatic carbocycles. The van der Waals surface area contributed by atoms with Gasteiger partial charge in [-0.15, -0.1) is 5.73 Å². The van der Waals surface area contributed by atoms with Crippen molar-refractivity contribution in [1.29, 1.82) is 0 Å². The molecule has 0 radical (unpaired) electrons. The van der Waals surface area contributed by atoms with Crippen LogP contribution in [0.4, 0.5) is 0 Å². The van der Waals surface area contributed by atoms with E-state index < -0.39 is 0 Å². The Bertz CT molecular complexity index is 1450. The lowest BCUT2D eigenvalue weighted by atomic mass is 9.85. The van der Waals surface area contributed by atoms with E-state index in [1.54, 1.807) is 12.1 Å². The third-order valence-corrected chi connectivity index (χ3v) is 7.86. The van der Waals surface area contributed by atoms with Crippen LogP contribution in [-0.4, -0.2) is 38.1 Å². The molecule has 6 heteroatoms. The quantitative estimate of drug-likeness (QED) is 0.238. The summed E-state index contributed by atoms with van der Waals surface area (Å²) in [6.07, 6.45) is 15.4. The molecule has 0 fully saturated rings. The summed E-state index contributed by atoms with van der Waals surface area (Å²) in [5, 5.41) is 5.36. The first-order chi connectivity index (χ1) is 20.0. The number of carbonyl (C=O) groups is 2. The summed E-state index contributed by atoms with van der Waals surface area (Å²) in [4.78, 5) is 25.8. The Morgan fingerprint density at radius 3 is 2.66 bits per heavy atom. The Hall–Kier alpha value is -3.37. The number of ether oxygens (including phenoxy) is 2. The summed E-state index contributed by atoms with van der Waals surface area (Å²) in [7, 11) is 0. The van der Waals surface area contributed by atoms with Crippen LogP contribution in [0, 0.1) is 5.92 Å². The molecule has 1 N–H and O–H groups in total. The van der Waals surface area contributed by atoms with E-state index in [4.69, 9.17) is 21.1 Å². The zero-order valence-electron chi connectivity index (χ0n) is 24.1. The van der Waals surface area contributed by atoms with Gasteiger partial charge in [-0.1, -0.05) is 30.2 Å². The summed E-state index contributed by atoms with van der Waals surface area (Å²) in [5.74, 6) is 1.16. The Morgan fingerprint density at radius 1 is 1.05 bits per heavy atom. The number of Topliss-reactive ketones (excluding diaryl/α,β-unsaturated/α-hetero) is 1. The molecule has 1 atom stereocenters. The lowest BCUT2D eigenvalue weighted by Crippen LogP contribution is -2.32. The van der Waals surface area contributed by atoms with Crippen molar-refractivity contribution in [3.05, 3.63) is 92.4 Å². The minimum absolute atomic E-state index is 0.122. The molecule has 4 rings (SSSR count). The molecule has 1 amide bonds. The maximum absolute atomic E-state index is 12.9. The van der Waals surface area contributed by atoms with Gasteiger partial charge in [-0.05, 0) is 118 Å². The van der Waals surface area contributed by atoms with Crippen molar-refractivity contribution in [1.82, 2.24) is 5.32 Å². The van der Waals surface area contributed by atoms with Crippen molar-refractivity contribution in [2.75, 3.05) is 26.4 Å². The zero-order chi connectivity index (χ0) is 29.0. The van der Waals surface area contributed by atoms with E-state index in [-0.39, 0.29) is 11.7 Å². The average molecular weight is 574 g/mol. The van der Waals surface area contributed by atoms with Crippen LogP contribution >= 0.6 is 11.6 Å². The van der Waals surface area contributed by atoms with Crippen LogP contribution in [0.5, 0.6) is 5.75 Å². The molecule has 216 valence electrons. The molecule has 2 aliphatic rings. The Kier molecular flexibility index (Phi) is 11.6. The van der Waals surface area contributed by atoms with Gasteiger partial charge in [0.05, 0.1) is 18.8 Å². The highest BCUT2D eigenvalue weighted by Crippen LogP contribution is 2.29. The SMILES string of the molecule is CCOCCNC(=O)c1ccc2c(c1OCC)=CC=C(CCC1CCC=C(C(=O)c3ccc(Cl)cc3)CCC1)C=C=2. The standard InChI is InChI=1S/C35H40ClNO4/c1-3-40-24-23-37-35(39)32-22-18-27-15-13-26(14-21-31(27)34(32)41-4-2)12-11-25-7-5-9-28(10-6-8-25)33(38)29-16-19-30(36)20-17-29/h9,13-14,16-22,25H,3-8,10-12,23-24H2,1-2H3,(H,37,39). The number of hydrogen-bond donors (Lipinski definition) is 1. The fourth-order valence-corrected chi connectivity index (χ4v) is 5.51. The average Bonchev–Trinajstić information content (AvgIpc) is 3.18. The van der Waals surface area contributed by atoms with Gasteiger partial charge in [-0.2, -0.15) is 0 Å². The highest BCUT2D eigenvalue weighted by atomic mass is 35.5. The lowest BCUT2D eigenvalue weighted by Gasteiger charge is -2.19. The maximum atomic E-state index is 12.9. The van der Waals surface area contributed by atoms with Gasteiger partial charge >= 0.3 is 0 Å². The zero-order valence-corrected chi connectivity index (χ0v) is 24.9. The van der Waals surface area contributed by atoms with Gasteiger partial charge in [0.25, 0.3) is 5.91 Å². The van der Waals surface area contributed by atoms with Gasteiger partial charge in [-0.3, -0.25) is 9.59 Å². The van der Waals surface area contributed by atoms with Gasteiger partial charge in [-0.25, -0.2) is 0 Å². The second-order valence-electron chi connectivity index (χ2n) is 10.4. The largest absolute Gasteiger partial charge is 0.492 e. The molecular formula is C35H40ClNO4. The van der Waals surface area contributed by atoms with E-state index in [1.807, 2.05) is 38.1 Å². The number of fused-ring (bicyclic) bond motifs is 1. The van der Waals surface area contributed by atoms with E-state index in [1.165, 1.54) is 5.57 Å². The monoisotopic (exact) mass is 573 g/mol. The van der Waals surface area contributed by atoms with E-state index in [2.05, 4.69) is 35.4 Å². The molecule has 2 aromatic rings. The number of ketones is 1. The number of benzene rings is 2. The summed E-state index contributed by atoms with van der Waals surface area (Å²) in [6, 6.07) is 10.9. The number of amides is 1. The van der Waals surface area contributed by atoms with Crippen molar-refractivity contribution in [3.63, 3.8) is 0 Å². The number of hydrogen-bond acceptors (Lipinski definition) is 4. The number of carbonyl (C=O) groups excluding carboxylic acids is 2. The summed E-state index contributed by atoms with van der Waals surface area (Å²) in [6.45, 7) is 5.87. The Labute approximate surface area is 248 Å². The molecule has 5 nitrogen and oxygen atoms in total. The molecule has 0 aromatic heterocycles. The first kappa shape index (κ1) is 30.6. The molecule has 0 saturated carbocycles. The first-order valence-electron chi connectivity index (χ1n) is 14.8.